The minimum atomic E-state index is -4.25. The van der Waals surface area contributed by atoms with Gasteiger partial charge in [0.2, 0.25) is 0 Å². The zero-order valence-corrected chi connectivity index (χ0v) is 9.11. The van der Waals surface area contributed by atoms with Gasteiger partial charge in [0.1, 0.15) is 5.82 Å². The molecule has 16 heavy (non-hydrogen) atoms. The molecule has 0 amide bonds. The SMILES string of the molecule is Cl.N[C@H](CCC(F)(F)F)c1ccccc1F. The van der Waals surface area contributed by atoms with Gasteiger partial charge in [-0.1, -0.05) is 18.2 Å². The molecule has 0 saturated carbocycles. The number of hydrogen-bond acceptors (Lipinski definition) is 1. The lowest BCUT2D eigenvalue weighted by molar-refractivity contribution is -0.136. The van der Waals surface area contributed by atoms with Gasteiger partial charge < -0.3 is 5.73 Å². The Balaban J connectivity index is 0.00000225. The Bertz CT molecular complexity index is 327. The Labute approximate surface area is 97.0 Å². The summed E-state index contributed by atoms with van der Waals surface area (Å²) in [6.45, 7) is 0. The highest BCUT2D eigenvalue weighted by Gasteiger charge is 2.28. The van der Waals surface area contributed by atoms with Crippen LogP contribution in [0.4, 0.5) is 17.6 Å². The lowest BCUT2D eigenvalue weighted by atomic mass is 10.0. The fourth-order valence-electron chi connectivity index (χ4n) is 1.25. The molecule has 2 N–H and O–H groups in total. The van der Waals surface area contributed by atoms with Crippen LogP contribution in [0.15, 0.2) is 24.3 Å². The normalized spacial score (nSPS) is 13.1. The summed E-state index contributed by atoms with van der Waals surface area (Å²) >= 11 is 0. The second-order valence-electron chi connectivity index (χ2n) is 3.28. The van der Waals surface area contributed by atoms with Crippen LogP contribution in [0.1, 0.15) is 24.4 Å². The van der Waals surface area contributed by atoms with Crippen molar-refractivity contribution in [3.63, 3.8) is 0 Å². The second kappa shape index (κ2) is 6.06. The second-order valence-corrected chi connectivity index (χ2v) is 3.28. The molecule has 0 unspecified atom stereocenters. The van der Waals surface area contributed by atoms with E-state index in [0.717, 1.165) is 0 Å². The van der Waals surface area contributed by atoms with E-state index in [-0.39, 0.29) is 24.4 Å². The fourth-order valence-corrected chi connectivity index (χ4v) is 1.25. The van der Waals surface area contributed by atoms with Gasteiger partial charge >= 0.3 is 6.18 Å². The first-order chi connectivity index (χ1) is 6.90. The quantitative estimate of drug-likeness (QED) is 0.823. The van der Waals surface area contributed by atoms with E-state index in [0.29, 0.717) is 0 Å². The van der Waals surface area contributed by atoms with E-state index in [1.807, 2.05) is 0 Å². The molecule has 0 aliphatic rings. The molecule has 0 aromatic heterocycles. The van der Waals surface area contributed by atoms with Crippen molar-refractivity contribution in [3.05, 3.63) is 35.6 Å². The van der Waals surface area contributed by atoms with Crippen molar-refractivity contribution in [2.45, 2.75) is 25.1 Å². The minimum absolute atomic E-state index is 0. The maximum Gasteiger partial charge on any atom is 0.389 e. The lowest BCUT2D eigenvalue weighted by Crippen LogP contribution is -2.16. The molecule has 1 rings (SSSR count). The van der Waals surface area contributed by atoms with E-state index in [9.17, 15) is 17.6 Å². The van der Waals surface area contributed by atoms with Crippen molar-refractivity contribution >= 4 is 12.4 Å². The standard InChI is InChI=1S/C10H11F4N.ClH/c11-8-4-2-1-3-7(8)9(15)5-6-10(12,13)14;/h1-4,9H,5-6,15H2;1H/t9-;/m1./s1. The smallest absolute Gasteiger partial charge is 0.324 e. The monoisotopic (exact) mass is 257 g/mol. The number of benzene rings is 1. The summed E-state index contributed by atoms with van der Waals surface area (Å²) in [4.78, 5) is 0. The van der Waals surface area contributed by atoms with Crippen LogP contribution in [0.5, 0.6) is 0 Å². The average Bonchev–Trinajstić information content (AvgIpc) is 2.14. The van der Waals surface area contributed by atoms with E-state index in [2.05, 4.69) is 0 Å². The molecule has 0 fully saturated rings. The van der Waals surface area contributed by atoms with E-state index < -0.39 is 24.5 Å². The largest absolute Gasteiger partial charge is 0.389 e. The topological polar surface area (TPSA) is 26.0 Å². The van der Waals surface area contributed by atoms with E-state index in [4.69, 9.17) is 5.73 Å². The predicted molar refractivity (Wildman–Crippen MR) is 55.9 cm³/mol. The zero-order chi connectivity index (χ0) is 11.5. The van der Waals surface area contributed by atoms with Gasteiger partial charge in [0.15, 0.2) is 0 Å². The van der Waals surface area contributed by atoms with Crippen LogP contribution in [0.25, 0.3) is 0 Å². The zero-order valence-electron chi connectivity index (χ0n) is 8.30. The third kappa shape index (κ3) is 4.81. The van der Waals surface area contributed by atoms with Gasteiger partial charge in [-0.15, -0.1) is 12.4 Å². The molecule has 0 aliphatic carbocycles. The summed E-state index contributed by atoms with van der Waals surface area (Å²) in [7, 11) is 0. The highest BCUT2D eigenvalue weighted by molar-refractivity contribution is 5.85. The minimum Gasteiger partial charge on any atom is -0.324 e. The Morgan fingerprint density at radius 3 is 2.25 bits per heavy atom. The third-order valence-corrected chi connectivity index (χ3v) is 2.04. The van der Waals surface area contributed by atoms with Crippen LogP contribution >= 0.6 is 12.4 Å². The van der Waals surface area contributed by atoms with Crippen LogP contribution in [0.2, 0.25) is 0 Å². The molecule has 0 radical (unpaired) electrons. The Morgan fingerprint density at radius 1 is 1.19 bits per heavy atom. The first-order valence-electron chi connectivity index (χ1n) is 4.47. The summed E-state index contributed by atoms with van der Waals surface area (Å²) in [6, 6.07) is 4.69. The van der Waals surface area contributed by atoms with Gasteiger partial charge in [-0.3, -0.25) is 0 Å². The van der Waals surface area contributed by atoms with Gasteiger partial charge in [0, 0.05) is 18.0 Å². The Morgan fingerprint density at radius 2 is 1.75 bits per heavy atom. The van der Waals surface area contributed by atoms with Crippen LogP contribution in [0, 0.1) is 5.82 Å². The summed E-state index contributed by atoms with van der Waals surface area (Å²) < 4.78 is 48.7. The molecule has 6 heteroatoms. The molecule has 0 spiro atoms. The van der Waals surface area contributed by atoms with Gasteiger partial charge in [-0.05, 0) is 12.5 Å². The fraction of sp³-hybridized carbons (Fsp3) is 0.400. The number of alkyl halides is 3. The van der Waals surface area contributed by atoms with Gasteiger partial charge in [0.25, 0.3) is 0 Å². The van der Waals surface area contributed by atoms with E-state index in [1.165, 1.54) is 18.2 Å². The highest BCUT2D eigenvalue weighted by atomic mass is 35.5. The predicted octanol–water partition coefficient (Wildman–Crippen LogP) is 3.59. The Hall–Kier alpha value is -0.810. The molecule has 92 valence electrons. The molecular formula is C10H12ClF4N. The van der Waals surface area contributed by atoms with E-state index >= 15 is 0 Å². The molecule has 0 bridgehead atoms. The maximum atomic E-state index is 13.1. The van der Waals surface area contributed by atoms with Gasteiger partial charge in [-0.25, -0.2) is 4.39 Å². The molecule has 0 aliphatic heterocycles. The van der Waals surface area contributed by atoms with Crippen LogP contribution in [-0.2, 0) is 0 Å². The van der Waals surface area contributed by atoms with Gasteiger partial charge in [-0.2, -0.15) is 13.2 Å². The van der Waals surface area contributed by atoms with Crippen LogP contribution in [-0.4, -0.2) is 6.18 Å². The highest BCUT2D eigenvalue weighted by Crippen LogP contribution is 2.27. The molecule has 1 aromatic carbocycles. The van der Waals surface area contributed by atoms with Crippen LogP contribution < -0.4 is 5.73 Å². The summed E-state index contributed by atoms with van der Waals surface area (Å²) in [6.07, 6.45) is -5.55. The van der Waals surface area contributed by atoms with Crippen molar-refractivity contribution in [3.8, 4) is 0 Å². The number of hydrogen-bond donors (Lipinski definition) is 1. The summed E-state index contributed by atoms with van der Waals surface area (Å²) in [5, 5.41) is 0. The number of halogens is 5. The van der Waals surface area contributed by atoms with E-state index in [1.54, 1.807) is 6.07 Å². The lowest BCUT2D eigenvalue weighted by Gasteiger charge is -2.13. The van der Waals surface area contributed by atoms with Gasteiger partial charge in [0.05, 0.1) is 0 Å². The summed E-state index contributed by atoms with van der Waals surface area (Å²) in [5.74, 6) is -0.563. The van der Waals surface area contributed by atoms with Crippen molar-refractivity contribution in [1.82, 2.24) is 0 Å². The maximum absolute atomic E-state index is 13.1. The first-order valence-corrected chi connectivity index (χ1v) is 4.47. The number of nitrogens with two attached hydrogens (primary N) is 1. The van der Waals surface area contributed by atoms with Crippen molar-refractivity contribution in [2.24, 2.45) is 5.73 Å². The van der Waals surface area contributed by atoms with Crippen molar-refractivity contribution in [1.29, 1.82) is 0 Å². The summed E-state index contributed by atoms with van der Waals surface area (Å²) in [5.41, 5.74) is 5.59. The first kappa shape index (κ1) is 15.2. The molecule has 1 aromatic rings. The number of rotatable bonds is 3. The third-order valence-electron chi connectivity index (χ3n) is 2.04. The molecule has 1 nitrogen and oxygen atoms in total. The van der Waals surface area contributed by atoms with Crippen molar-refractivity contribution in [2.75, 3.05) is 0 Å². The Kier molecular flexibility index (Phi) is 5.75. The van der Waals surface area contributed by atoms with Crippen molar-refractivity contribution < 1.29 is 17.6 Å². The molecular weight excluding hydrogens is 246 g/mol. The molecule has 0 heterocycles. The molecule has 1 atom stereocenters. The molecule has 0 saturated heterocycles. The van der Waals surface area contributed by atoms with Crippen LogP contribution in [0.3, 0.4) is 0 Å². The average molecular weight is 258 g/mol.